The first-order valence-corrected chi connectivity index (χ1v) is 10.1. The van der Waals surface area contributed by atoms with E-state index in [1.807, 2.05) is 19.9 Å². The second kappa shape index (κ2) is 9.97. The number of halogens is 1. The Morgan fingerprint density at radius 2 is 1.97 bits per heavy atom. The highest BCUT2D eigenvalue weighted by molar-refractivity contribution is 7.99. The van der Waals surface area contributed by atoms with Gasteiger partial charge in [-0.15, -0.1) is 11.8 Å². The SMILES string of the molecule is CC(C)c1c(C#N)c(N)nc(SCCC(=O)Nc2cc(C(=O)O)ccc2Cl)c1C#N. The normalized spacial score (nSPS) is 10.3. The molecular formula is C20H18ClN5O3S. The quantitative estimate of drug-likeness (QED) is 0.542. The number of nitrogens with zero attached hydrogens (tertiary/aromatic N) is 3. The van der Waals surface area contributed by atoms with Gasteiger partial charge in [0.2, 0.25) is 5.91 Å². The van der Waals surface area contributed by atoms with Gasteiger partial charge in [-0.2, -0.15) is 10.5 Å². The average molecular weight is 444 g/mol. The fourth-order valence-electron chi connectivity index (χ4n) is 2.71. The molecule has 2 rings (SSSR count). The van der Waals surface area contributed by atoms with Gasteiger partial charge in [0, 0.05) is 12.2 Å². The number of carboxylic acids is 1. The molecule has 2 aromatic rings. The minimum Gasteiger partial charge on any atom is -0.478 e. The highest BCUT2D eigenvalue weighted by Gasteiger charge is 2.21. The second-order valence-corrected chi connectivity index (χ2v) is 7.98. The van der Waals surface area contributed by atoms with E-state index in [4.69, 9.17) is 22.4 Å². The van der Waals surface area contributed by atoms with E-state index >= 15 is 0 Å². The summed E-state index contributed by atoms with van der Waals surface area (Å²) in [5.41, 5.74) is 7.09. The lowest BCUT2D eigenvalue weighted by atomic mass is 9.94. The molecule has 8 nitrogen and oxygen atoms in total. The first-order valence-electron chi connectivity index (χ1n) is 8.78. The molecule has 1 aromatic carbocycles. The number of carbonyl (C=O) groups is 2. The largest absolute Gasteiger partial charge is 0.478 e. The molecule has 1 amide bonds. The van der Waals surface area contributed by atoms with Gasteiger partial charge in [0.25, 0.3) is 0 Å². The fraction of sp³-hybridized carbons (Fsp3) is 0.250. The molecule has 0 aliphatic heterocycles. The Morgan fingerprint density at radius 1 is 1.30 bits per heavy atom. The van der Waals surface area contributed by atoms with E-state index in [0.717, 1.165) is 0 Å². The first-order chi connectivity index (χ1) is 14.2. The molecule has 0 aliphatic carbocycles. The van der Waals surface area contributed by atoms with Gasteiger partial charge < -0.3 is 16.2 Å². The molecule has 30 heavy (non-hydrogen) atoms. The number of aromatic carboxylic acids is 1. The molecule has 0 saturated carbocycles. The molecule has 4 N–H and O–H groups in total. The number of aromatic nitrogens is 1. The fourth-order valence-corrected chi connectivity index (χ4v) is 3.82. The number of benzene rings is 1. The maximum absolute atomic E-state index is 12.2. The molecule has 0 saturated heterocycles. The predicted octanol–water partition coefficient (Wildman–Crippen LogP) is 4.00. The summed E-state index contributed by atoms with van der Waals surface area (Å²) in [6, 6.07) is 8.10. The summed E-state index contributed by atoms with van der Waals surface area (Å²) in [5.74, 6) is -1.29. The Hall–Kier alpha value is -3.27. The third kappa shape index (κ3) is 5.20. The van der Waals surface area contributed by atoms with Crippen molar-refractivity contribution in [3.63, 3.8) is 0 Å². The van der Waals surface area contributed by atoms with Crippen LogP contribution in [0.15, 0.2) is 23.2 Å². The number of nitrogens with two attached hydrogens (primary N) is 1. The van der Waals surface area contributed by atoms with Gasteiger partial charge in [0.1, 0.15) is 23.0 Å². The Morgan fingerprint density at radius 3 is 2.53 bits per heavy atom. The first kappa shape index (κ1) is 23.0. The van der Waals surface area contributed by atoms with Crippen LogP contribution in [0.5, 0.6) is 0 Å². The van der Waals surface area contributed by atoms with E-state index in [0.29, 0.717) is 10.6 Å². The summed E-state index contributed by atoms with van der Waals surface area (Å²) in [4.78, 5) is 27.5. The second-order valence-electron chi connectivity index (χ2n) is 6.49. The lowest BCUT2D eigenvalue weighted by molar-refractivity contribution is -0.115. The van der Waals surface area contributed by atoms with Crippen LogP contribution in [-0.4, -0.2) is 27.7 Å². The van der Waals surface area contributed by atoms with Crippen LogP contribution in [0, 0.1) is 22.7 Å². The molecule has 0 unspecified atom stereocenters. The summed E-state index contributed by atoms with van der Waals surface area (Å²) in [7, 11) is 0. The molecule has 10 heteroatoms. The molecular weight excluding hydrogens is 426 g/mol. The molecule has 1 heterocycles. The third-order valence-corrected chi connectivity index (χ3v) is 5.39. The number of amides is 1. The molecule has 0 bridgehead atoms. The summed E-state index contributed by atoms with van der Waals surface area (Å²) < 4.78 is 0. The van der Waals surface area contributed by atoms with Crippen molar-refractivity contribution in [1.82, 2.24) is 4.98 Å². The monoisotopic (exact) mass is 443 g/mol. The third-order valence-electron chi connectivity index (χ3n) is 4.09. The minimum atomic E-state index is -1.13. The number of anilines is 2. The Bertz CT molecular complexity index is 1090. The number of thioether (sulfide) groups is 1. The number of pyridine rings is 1. The topological polar surface area (TPSA) is 153 Å². The molecule has 154 valence electrons. The van der Waals surface area contributed by atoms with E-state index in [2.05, 4.69) is 16.4 Å². The van der Waals surface area contributed by atoms with E-state index in [9.17, 15) is 20.1 Å². The van der Waals surface area contributed by atoms with E-state index in [1.54, 1.807) is 0 Å². The van der Waals surface area contributed by atoms with Crippen molar-refractivity contribution in [2.45, 2.75) is 31.2 Å². The summed E-state index contributed by atoms with van der Waals surface area (Å²) in [6.45, 7) is 3.71. The molecule has 0 spiro atoms. The van der Waals surface area contributed by atoms with Crippen molar-refractivity contribution in [2.24, 2.45) is 0 Å². The van der Waals surface area contributed by atoms with Crippen molar-refractivity contribution in [3.8, 4) is 12.1 Å². The van der Waals surface area contributed by atoms with Crippen LogP contribution in [0.3, 0.4) is 0 Å². The number of hydrogen-bond donors (Lipinski definition) is 3. The smallest absolute Gasteiger partial charge is 0.335 e. The van der Waals surface area contributed by atoms with E-state index < -0.39 is 5.97 Å². The maximum atomic E-state index is 12.2. The van der Waals surface area contributed by atoms with Crippen LogP contribution in [0.4, 0.5) is 11.5 Å². The van der Waals surface area contributed by atoms with Gasteiger partial charge in [-0.1, -0.05) is 25.4 Å². The van der Waals surface area contributed by atoms with Gasteiger partial charge in [-0.3, -0.25) is 4.79 Å². The summed E-state index contributed by atoms with van der Waals surface area (Å²) in [5, 5.41) is 31.1. The number of nitrogen functional groups attached to an aromatic ring is 1. The number of carboxylic acid groups (broad SMARTS) is 1. The number of nitrogens with one attached hydrogen (secondary N) is 1. The lowest BCUT2D eigenvalue weighted by Gasteiger charge is -2.15. The van der Waals surface area contributed by atoms with Crippen molar-refractivity contribution < 1.29 is 14.7 Å². The number of hydrogen-bond acceptors (Lipinski definition) is 7. The van der Waals surface area contributed by atoms with Crippen LogP contribution < -0.4 is 11.1 Å². The average Bonchev–Trinajstić information content (AvgIpc) is 2.68. The van der Waals surface area contributed by atoms with Gasteiger partial charge in [-0.25, -0.2) is 9.78 Å². The molecule has 0 radical (unpaired) electrons. The highest BCUT2D eigenvalue weighted by atomic mass is 35.5. The highest BCUT2D eigenvalue weighted by Crippen LogP contribution is 2.33. The summed E-state index contributed by atoms with van der Waals surface area (Å²) >= 11 is 7.19. The minimum absolute atomic E-state index is 0.00112. The zero-order valence-corrected chi connectivity index (χ0v) is 17.8. The number of rotatable bonds is 7. The number of carbonyl (C=O) groups excluding carboxylic acids is 1. The predicted molar refractivity (Wildman–Crippen MR) is 115 cm³/mol. The molecule has 0 aliphatic rings. The zero-order chi connectivity index (χ0) is 22.4. The van der Waals surface area contributed by atoms with Crippen molar-refractivity contribution >= 4 is 46.7 Å². The molecule has 1 aromatic heterocycles. The van der Waals surface area contributed by atoms with E-state index in [-0.39, 0.29) is 57.2 Å². The summed E-state index contributed by atoms with van der Waals surface area (Å²) in [6.07, 6.45) is 0.0573. The van der Waals surface area contributed by atoms with Gasteiger partial charge in [0.15, 0.2) is 0 Å². The van der Waals surface area contributed by atoms with Crippen LogP contribution in [-0.2, 0) is 4.79 Å². The molecule has 0 fully saturated rings. The van der Waals surface area contributed by atoms with Gasteiger partial charge >= 0.3 is 5.97 Å². The van der Waals surface area contributed by atoms with Gasteiger partial charge in [-0.05, 0) is 29.7 Å². The van der Waals surface area contributed by atoms with Crippen molar-refractivity contribution in [3.05, 3.63) is 45.5 Å². The Kier molecular flexibility index (Phi) is 7.65. The lowest BCUT2D eigenvalue weighted by Crippen LogP contribution is -2.13. The van der Waals surface area contributed by atoms with E-state index in [1.165, 1.54) is 30.0 Å². The van der Waals surface area contributed by atoms with Crippen LogP contribution in [0.1, 0.15) is 53.2 Å². The number of nitriles is 2. The van der Waals surface area contributed by atoms with Crippen molar-refractivity contribution in [1.29, 1.82) is 10.5 Å². The van der Waals surface area contributed by atoms with Crippen molar-refractivity contribution in [2.75, 3.05) is 16.8 Å². The maximum Gasteiger partial charge on any atom is 0.335 e. The van der Waals surface area contributed by atoms with Gasteiger partial charge in [0.05, 0.1) is 27.4 Å². The Balaban J connectivity index is 2.13. The standard InChI is InChI=1S/C20H18ClN5O3S/c1-10(2)17-12(8-22)18(24)26-19(13(17)9-23)30-6-5-16(27)25-15-7-11(20(28)29)3-4-14(15)21/h3-4,7,10H,5-6H2,1-2H3,(H2,24,26)(H,25,27)(H,28,29). The molecule has 0 atom stereocenters. The zero-order valence-electron chi connectivity index (χ0n) is 16.2. The van der Waals surface area contributed by atoms with Crippen LogP contribution in [0.25, 0.3) is 0 Å². The van der Waals surface area contributed by atoms with Crippen LogP contribution >= 0.6 is 23.4 Å². The Labute approximate surface area is 182 Å². The van der Waals surface area contributed by atoms with Crippen LogP contribution in [0.2, 0.25) is 5.02 Å².